The van der Waals surface area contributed by atoms with Gasteiger partial charge in [-0.15, -0.1) is 0 Å². The van der Waals surface area contributed by atoms with Gasteiger partial charge in [-0.1, -0.05) is 0 Å². The Morgan fingerprint density at radius 2 is 1.67 bits per heavy atom. The van der Waals surface area contributed by atoms with E-state index >= 15 is 0 Å². The van der Waals surface area contributed by atoms with Crippen LogP contribution < -0.4 is 5.32 Å². The van der Waals surface area contributed by atoms with Crippen molar-refractivity contribution in [1.82, 2.24) is 10.2 Å². The predicted molar refractivity (Wildman–Crippen MR) is 64.2 cm³/mol. The molecule has 15 heavy (non-hydrogen) atoms. The lowest BCUT2D eigenvalue weighted by atomic mass is 9.97. The molecule has 0 spiro atoms. The molecule has 0 amide bonds. The molecule has 0 aliphatic carbocycles. The van der Waals surface area contributed by atoms with Crippen molar-refractivity contribution in [1.29, 1.82) is 0 Å². The second-order valence-corrected chi connectivity index (χ2v) is 5.93. The van der Waals surface area contributed by atoms with Gasteiger partial charge in [-0.3, -0.25) is 4.90 Å². The minimum atomic E-state index is -0.0379. The second-order valence-electron chi connectivity index (χ2n) is 5.93. The Labute approximate surface area is 94.2 Å². The topological polar surface area (TPSA) is 24.5 Å². The highest BCUT2D eigenvalue weighted by atomic mass is 16.5. The number of nitrogens with one attached hydrogen (secondary N) is 1. The average molecular weight is 214 g/mol. The maximum absolute atomic E-state index is 6.06. The van der Waals surface area contributed by atoms with Gasteiger partial charge in [0.1, 0.15) is 0 Å². The number of rotatable bonds is 3. The molecule has 0 aromatic carbocycles. The first kappa shape index (κ1) is 12.9. The van der Waals surface area contributed by atoms with Crippen molar-refractivity contribution in [2.24, 2.45) is 0 Å². The minimum Gasteiger partial charge on any atom is -0.367 e. The zero-order chi connectivity index (χ0) is 11.7. The van der Waals surface area contributed by atoms with Crippen LogP contribution in [0.4, 0.5) is 0 Å². The quantitative estimate of drug-likeness (QED) is 0.770. The summed E-state index contributed by atoms with van der Waals surface area (Å²) in [6, 6.07) is 0.567. The SMILES string of the molecule is CNCC(C)N1CC(C)(C)OC(C)(C)C1. The van der Waals surface area contributed by atoms with Crippen LogP contribution in [0.2, 0.25) is 0 Å². The van der Waals surface area contributed by atoms with E-state index in [1.807, 2.05) is 7.05 Å². The van der Waals surface area contributed by atoms with Crippen LogP contribution in [-0.2, 0) is 4.74 Å². The Balaban J connectivity index is 2.66. The van der Waals surface area contributed by atoms with Gasteiger partial charge in [-0.25, -0.2) is 0 Å². The largest absolute Gasteiger partial charge is 0.367 e. The fraction of sp³-hybridized carbons (Fsp3) is 1.00. The van der Waals surface area contributed by atoms with Gasteiger partial charge in [0.15, 0.2) is 0 Å². The predicted octanol–water partition coefficient (Wildman–Crippen LogP) is 1.48. The van der Waals surface area contributed by atoms with Crippen molar-refractivity contribution in [3.63, 3.8) is 0 Å². The van der Waals surface area contributed by atoms with Crippen LogP contribution in [0, 0.1) is 0 Å². The van der Waals surface area contributed by atoms with Crippen LogP contribution in [0.1, 0.15) is 34.6 Å². The molecule has 1 heterocycles. The Kier molecular flexibility index (Phi) is 3.80. The molecule has 0 saturated carbocycles. The van der Waals surface area contributed by atoms with E-state index in [0.29, 0.717) is 6.04 Å². The normalized spacial score (nSPS) is 27.6. The van der Waals surface area contributed by atoms with E-state index in [2.05, 4.69) is 44.8 Å². The lowest BCUT2D eigenvalue weighted by Gasteiger charge is -2.49. The number of ether oxygens (including phenoxy) is 1. The van der Waals surface area contributed by atoms with Gasteiger partial charge >= 0.3 is 0 Å². The van der Waals surface area contributed by atoms with Crippen LogP contribution in [0.3, 0.4) is 0 Å². The molecule has 3 heteroatoms. The van der Waals surface area contributed by atoms with E-state index in [1.54, 1.807) is 0 Å². The third kappa shape index (κ3) is 3.74. The first-order valence-electron chi connectivity index (χ1n) is 5.85. The van der Waals surface area contributed by atoms with Gasteiger partial charge in [0, 0.05) is 25.7 Å². The van der Waals surface area contributed by atoms with Gasteiger partial charge in [0.25, 0.3) is 0 Å². The summed E-state index contributed by atoms with van der Waals surface area (Å²) in [6.07, 6.45) is 0. The molecule has 1 N–H and O–H groups in total. The summed E-state index contributed by atoms with van der Waals surface area (Å²) in [7, 11) is 2.01. The monoisotopic (exact) mass is 214 g/mol. The van der Waals surface area contributed by atoms with E-state index in [4.69, 9.17) is 4.74 Å². The summed E-state index contributed by atoms with van der Waals surface area (Å²) in [5, 5.41) is 3.24. The molecule has 0 radical (unpaired) electrons. The van der Waals surface area contributed by atoms with Gasteiger partial charge in [0.05, 0.1) is 11.2 Å². The summed E-state index contributed by atoms with van der Waals surface area (Å²) >= 11 is 0. The van der Waals surface area contributed by atoms with E-state index in [1.165, 1.54) is 0 Å². The Bertz CT molecular complexity index is 198. The second kappa shape index (κ2) is 4.40. The number of likely N-dealkylation sites (N-methyl/N-ethyl adjacent to an activating group) is 1. The molecule has 3 nitrogen and oxygen atoms in total. The lowest BCUT2D eigenvalue weighted by molar-refractivity contribution is -0.186. The van der Waals surface area contributed by atoms with Gasteiger partial charge in [-0.05, 0) is 41.7 Å². The van der Waals surface area contributed by atoms with Crippen LogP contribution in [0.25, 0.3) is 0 Å². The molecule has 1 rings (SSSR count). The van der Waals surface area contributed by atoms with Crippen LogP contribution in [-0.4, -0.2) is 48.8 Å². The zero-order valence-corrected chi connectivity index (χ0v) is 11.1. The van der Waals surface area contributed by atoms with Crippen molar-refractivity contribution in [3.8, 4) is 0 Å². The van der Waals surface area contributed by atoms with Crippen molar-refractivity contribution in [2.75, 3.05) is 26.7 Å². The average Bonchev–Trinajstić information content (AvgIpc) is 1.98. The fourth-order valence-corrected chi connectivity index (χ4v) is 2.58. The molecule has 0 aromatic rings. The highest BCUT2D eigenvalue weighted by molar-refractivity contribution is 4.91. The standard InChI is InChI=1S/C12H26N2O/c1-10(7-13-6)14-8-11(2,3)15-12(4,5)9-14/h10,13H,7-9H2,1-6H3. The van der Waals surface area contributed by atoms with Gasteiger partial charge in [0.2, 0.25) is 0 Å². The Hall–Kier alpha value is -0.120. The van der Waals surface area contributed by atoms with Crippen LogP contribution >= 0.6 is 0 Å². The number of hydrogen-bond acceptors (Lipinski definition) is 3. The number of morpholine rings is 1. The molecular formula is C12H26N2O. The summed E-state index contributed by atoms with van der Waals surface area (Å²) in [4.78, 5) is 2.51. The molecule has 1 unspecified atom stereocenters. The third-order valence-electron chi connectivity index (χ3n) is 2.84. The first-order valence-corrected chi connectivity index (χ1v) is 5.85. The summed E-state index contributed by atoms with van der Waals surface area (Å²) in [6.45, 7) is 14.0. The molecule has 1 aliphatic heterocycles. The summed E-state index contributed by atoms with van der Waals surface area (Å²) in [5.74, 6) is 0. The molecule has 0 aromatic heterocycles. The number of hydrogen-bond donors (Lipinski definition) is 1. The van der Waals surface area contributed by atoms with Gasteiger partial charge < -0.3 is 10.1 Å². The van der Waals surface area contributed by atoms with Gasteiger partial charge in [-0.2, -0.15) is 0 Å². The van der Waals surface area contributed by atoms with Crippen molar-refractivity contribution < 1.29 is 4.74 Å². The Morgan fingerprint density at radius 1 is 1.20 bits per heavy atom. The summed E-state index contributed by atoms with van der Waals surface area (Å²) in [5.41, 5.74) is -0.0759. The molecule has 0 bridgehead atoms. The van der Waals surface area contributed by atoms with E-state index in [9.17, 15) is 0 Å². The van der Waals surface area contributed by atoms with E-state index < -0.39 is 0 Å². The molecule has 1 aliphatic rings. The first-order chi connectivity index (χ1) is 6.76. The van der Waals surface area contributed by atoms with E-state index in [0.717, 1.165) is 19.6 Å². The lowest BCUT2D eigenvalue weighted by Crippen LogP contribution is -2.60. The van der Waals surface area contributed by atoms with Crippen molar-refractivity contribution >= 4 is 0 Å². The van der Waals surface area contributed by atoms with Crippen LogP contribution in [0.15, 0.2) is 0 Å². The van der Waals surface area contributed by atoms with Crippen molar-refractivity contribution in [3.05, 3.63) is 0 Å². The highest BCUT2D eigenvalue weighted by Crippen LogP contribution is 2.28. The molecule has 1 atom stereocenters. The molecule has 1 fully saturated rings. The maximum atomic E-state index is 6.06. The maximum Gasteiger partial charge on any atom is 0.0760 e. The molecular weight excluding hydrogens is 188 g/mol. The summed E-state index contributed by atoms with van der Waals surface area (Å²) < 4.78 is 6.06. The Morgan fingerprint density at radius 3 is 2.07 bits per heavy atom. The number of nitrogens with zero attached hydrogens (tertiary/aromatic N) is 1. The van der Waals surface area contributed by atoms with Crippen molar-refractivity contribution in [2.45, 2.75) is 51.9 Å². The minimum absolute atomic E-state index is 0.0379. The third-order valence-corrected chi connectivity index (χ3v) is 2.84. The zero-order valence-electron chi connectivity index (χ0n) is 11.1. The smallest absolute Gasteiger partial charge is 0.0760 e. The molecule has 1 saturated heterocycles. The highest BCUT2D eigenvalue weighted by Gasteiger charge is 2.39. The fourth-order valence-electron chi connectivity index (χ4n) is 2.58. The van der Waals surface area contributed by atoms with Crippen LogP contribution in [0.5, 0.6) is 0 Å². The van der Waals surface area contributed by atoms with E-state index in [-0.39, 0.29) is 11.2 Å². The molecule has 90 valence electrons.